The molecule has 0 aliphatic heterocycles. The van der Waals surface area contributed by atoms with Crippen LogP contribution in [0.5, 0.6) is 0 Å². The van der Waals surface area contributed by atoms with Crippen molar-refractivity contribution in [3.05, 3.63) is 212 Å². The van der Waals surface area contributed by atoms with Crippen molar-refractivity contribution >= 4 is 49.8 Å². The van der Waals surface area contributed by atoms with Crippen molar-refractivity contribution in [1.82, 2.24) is 0 Å². The van der Waals surface area contributed by atoms with E-state index in [2.05, 4.69) is 205 Å². The number of benzene rings is 9. The van der Waals surface area contributed by atoms with Crippen LogP contribution >= 0.6 is 0 Å². The average Bonchev–Trinajstić information content (AvgIpc) is 3.64. The van der Waals surface area contributed by atoms with E-state index in [1.807, 2.05) is 12.1 Å². The average molecular weight is 690 g/mol. The molecule has 254 valence electrons. The molecule has 10 rings (SSSR count). The standard InChI is InChI=1S/C52H35NO/c1-3-14-36(15-4-1)37-26-30-42(31-27-37)53(49-23-13-25-51-52(49)46-22-11-12-24-50(46)54-51)43-32-28-39(29-33-43)47-34-40-18-7-8-19-41(40)35-48(47)45-21-10-9-20-44(45)38-16-5-2-6-17-38/h1-35H. The van der Waals surface area contributed by atoms with Crippen molar-refractivity contribution in [1.29, 1.82) is 0 Å². The number of nitrogens with zero attached hydrogens (tertiary/aromatic N) is 1. The van der Waals surface area contributed by atoms with E-state index in [0.717, 1.165) is 44.6 Å². The Labute approximate surface area is 314 Å². The Kier molecular flexibility index (Phi) is 7.85. The molecule has 0 saturated carbocycles. The van der Waals surface area contributed by atoms with Gasteiger partial charge in [-0.1, -0.05) is 158 Å². The molecule has 10 aromatic rings. The lowest BCUT2D eigenvalue weighted by molar-refractivity contribution is 0.669. The molecule has 54 heavy (non-hydrogen) atoms. The predicted molar refractivity (Wildman–Crippen MR) is 228 cm³/mol. The van der Waals surface area contributed by atoms with Gasteiger partial charge in [-0.15, -0.1) is 0 Å². The molecule has 1 aromatic heterocycles. The number of para-hydroxylation sites is 1. The minimum Gasteiger partial charge on any atom is -0.456 e. The Morgan fingerprint density at radius 1 is 0.315 bits per heavy atom. The molecule has 0 aliphatic carbocycles. The molecule has 0 unspecified atom stereocenters. The van der Waals surface area contributed by atoms with Gasteiger partial charge < -0.3 is 9.32 Å². The van der Waals surface area contributed by atoms with Gasteiger partial charge in [0.05, 0.1) is 11.1 Å². The van der Waals surface area contributed by atoms with Crippen LogP contribution < -0.4 is 4.90 Å². The van der Waals surface area contributed by atoms with E-state index in [9.17, 15) is 0 Å². The van der Waals surface area contributed by atoms with Crippen LogP contribution in [0, 0.1) is 0 Å². The highest BCUT2D eigenvalue weighted by molar-refractivity contribution is 6.13. The molecule has 0 fully saturated rings. The summed E-state index contributed by atoms with van der Waals surface area (Å²) in [5, 5.41) is 4.64. The summed E-state index contributed by atoms with van der Waals surface area (Å²) in [5.74, 6) is 0. The smallest absolute Gasteiger partial charge is 0.137 e. The van der Waals surface area contributed by atoms with Crippen molar-refractivity contribution < 1.29 is 4.42 Å². The van der Waals surface area contributed by atoms with E-state index in [4.69, 9.17) is 4.42 Å². The maximum atomic E-state index is 6.37. The zero-order valence-electron chi connectivity index (χ0n) is 29.6. The molecular formula is C52H35NO. The third kappa shape index (κ3) is 5.62. The number of rotatable bonds is 7. The van der Waals surface area contributed by atoms with Crippen molar-refractivity contribution in [3.8, 4) is 44.5 Å². The van der Waals surface area contributed by atoms with Crippen LogP contribution in [-0.4, -0.2) is 0 Å². The largest absolute Gasteiger partial charge is 0.456 e. The summed E-state index contributed by atoms with van der Waals surface area (Å²) < 4.78 is 6.37. The number of hydrogen-bond acceptors (Lipinski definition) is 2. The lowest BCUT2D eigenvalue weighted by atomic mass is 9.87. The van der Waals surface area contributed by atoms with E-state index < -0.39 is 0 Å². The molecule has 0 atom stereocenters. The Bertz CT molecular complexity index is 2910. The fraction of sp³-hybridized carbons (Fsp3) is 0. The molecule has 0 N–H and O–H groups in total. The van der Waals surface area contributed by atoms with Crippen molar-refractivity contribution in [2.45, 2.75) is 0 Å². The molecular weight excluding hydrogens is 655 g/mol. The first-order chi connectivity index (χ1) is 26.8. The number of fused-ring (bicyclic) bond motifs is 4. The van der Waals surface area contributed by atoms with Crippen LogP contribution in [-0.2, 0) is 0 Å². The molecule has 0 saturated heterocycles. The SMILES string of the molecule is c1ccc(-c2ccc(N(c3ccc(-c4cc5ccccc5cc4-c4ccccc4-c4ccccc4)cc3)c3cccc4oc5ccccc5c34)cc2)cc1. The normalized spacial score (nSPS) is 11.3. The second-order valence-electron chi connectivity index (χ2n) is 13.7. The summed E-state index contributed by atoms with van der Waals surface area (Å²) in [4.78, 5) is 2.36. The minimum atomic E-state index is 0.870. The topological polar surface area (TPSA) is 16.4 Å². The van der Waals surface area contributed by atoms with Crippen LogP contribution in [0.15, 0.2) is 217 Å². The first-order valence-corrected chi connectivity index (χ1v) is 18.4. The highest BCUT2D eigenvalue weighted by Crippen LogP contribution is 2.45. The molecule has 0 radical (unpaired) electrons. The van der Waals surface area contributed by atoms with Crippen molar-refractivity contribution in [3.63, 3.8) is 0 Å². The van der Waals surface area contributed by atoms with Crippen LogP contribution in [0.25, 0.3) is 77.2 Å². The van der Waals surface area contributed by atoms with Gasteiger partial charge in [0, 0.05) is 16.8 Å². The van der Waals surface area contributed by atoms with E-state index in [0.29, 0.717) is 0 Å². The molecule has 2 nitrogen and oxygen atoms in total. The van der Waals surface area contributed by atoms with Crippen LogP contribution in [0.3, 0.4) is 0 Å². The first kappa shape index (κ1) is 31.6. The summed E-state index contributed by atoms with van der Waals surface area (Å²) in [6.07, 6.45) is 0. The van der Waals surface area contributed by atoms with E-state index in [1.165, 1.54) is 49.7 Å². The van der Waals surface area contributed by atoms with Crippen molar-refractivity contribution in [2.75, 3.05) is 4.90 Å². The second kappa shape index (κ2) is 13.4. The third-order valence-electron chi connectivity index (χ3n) is 10.5. The summed E-state index contributed by atoms with van der Waals surface area (Å²) >= 11 is 0. The first-order valence-electron chi connectivity index (χ1n) is 18.4. The third-order valence-corrected chi connectivity index (χ3v) is 10.5. The zero-order valence-corrected chi connectivity index (χ0v) is 29.6. The second-order valence-corrected chi connectivity index (χ2v) is 13.7. The van der Waals surface area contributed by atoms with Crippen LogP contribution in [0.2, 0.25) is 0 Å². The van der Waals surface area contributed by atoms with Gasteiger partial charge >= 0.3 is 0 Å². The lowest BCUT2D eigenvalue weighted by Gasteiger charge is -2.27. The van der Waals surface area contributed by atoms with Crippen LogP contribution in [0.1, 0.15) is 0 Å². The molecule has 9 aromatic carbocycles. The summed E-state index contributed by atoms with van der Waals surface area (Å²) in [6, 6.07) is 75.9. The van der Waals surface area contributed by atoms with Gasteiger partial charge in [0.2, 0.25) is 0 Å². The molecule has 1 heterocycles. The van der Waals surface area contributed by atoms with E-state index >= 15 is 0 Å². The quantitative estimate of drug-likeness (QED) is 0.166. The Morgan fingerprint density at radius 2 is 0.815 bits per heavy atom. The highest BCUT2D eigenvalue weighted by atomic mass is 16.3. The Hall–Kier alpha value is -7.16. The van der Waals surface area contributed by atoms with E-state index in [-0.39, 0.29) is 0 Å². The van der Waals surface area contributed by atoms with Gasteiger partial charge in [-0.3, -0.25) is 0 Å². The summed E-state index contributed by atoms with van der Waals surface area (Å²) in [5.41, 5.74) is 14.6. The fourth-order valence-corrected chi connectivity index (χ4v) is 7.88. The van der Waals surface area contributed by atoms with Gasteiger partial charge in [0.25, 0.3) is 0 Å². The fourth-order valence-electron chi connectivity index (χ4n) is 7.88. The number of furan rings is 1. The monoisotopic (exact) mass is 689 g/mol. The highest BCUT2D eigenvalue weighted by Gasteiger charge is 2.20. The molecule has 0 bridgehead atoms. The Balaban J connectivity index is 1.14. The number of hydrogen-bond donors (Lipinski definition) is 0. The lowest BCUT2D eigenvalue weighted by Crippen LogP contribution is -2.10. The van der Waals surface area contributed by atoms with Crippen LogP contribution in [0.4, 0.5) is 17.1 Å². The maximum Gasteiger partial charge on any atom is 0.137 e. The van der Waals surface area contributed by atoms with E-state index in [1.54, 1.807) is 0 Å². The number of anilines is 3. The molecule has 2 heteroatoms. The molecule has 0 spiro atoms. The summed E-state index contributed by atoms with van der Waals surface area (Å²) in [6.45, 7) is 0. The van der Waals surface area contributed by atoms with Gasteiger partial charge in [-0.25, -0.2) is 0 Å². The Morgan fingerprint density at radius 3 is 1.52 bits per heavy atom. The van der Waals surface area contributed by atoms with Gasteiger partial charge in [-0.2, -0.15) is 0 Å². The molecule has 0 aliphatic rings. The predicted octanol–water partition coefficient (Wildman–Crippen LogP) is 14.9. The summed E-state index contributed by atoms with van der Waals surface area (Å²) in [7, 11) is 0. The van der Waals surface area contributed by atoms with Gasteiger partial charge in [-0.05, 0) is 110 Å². The van der Waals surface area contributed by atoms with Gasteiger partial charge in [0.15, 0.2) is 0 Å². The minimum absolute atomic E-state index is 0.870. The van der Waals surface area contributed by atoms with Gasteiger partial charge in [0.1, 0.15) is 11.2 Å². The molecule has 0 amide bonds. The maximum absolute atomic E-state index is 6.37. The van der Waals surface area contributed by atoms with Crippen molar-refractivity contribution in [2.24, 2.45) is 0 Å². The zero-order chi connectivity index (χ0) is 35.8.